The van der Waals surface area contributed by atoms with Crippen molar-refractivity contribution in [2.75, 3.05) is 15.9 Å². The van der Waals surface area contributed by atoms with Crippen LogP contribution in [-0.2, 0) is 21.2 Å². The van der Waals surface area contributed by atoms with Gasteiger partial charge in [0.1, 0.15) is 6.04 Å². The summed E-state index contributed by atoms with van der Waals surface area (Å²) in [4.78, 5) is 23.2. The Morgan fingerprint density at radius 3 is 2.32 bits per heavy atom. The van der Waals surface area contributed by atoms with E-state index in [0.717, 1.165) is 28.6 Å². The molecule has 1 N–H and O–H groups in total. The average Bonchev–Trinajstić information content (AvgIpc) is 2.62. The molecule has 9 heteroatoms. The van der Waals surface area contributed by atoms with Gasteiger partial charge in [-0.2, -0.15) is 0 Å². The zero-order chi connectivity index (χ0) is 21.1. The Hall–Kier alpha value is -2.94. The van der Waals surface area contributed by atoms with Crippen LogP contribution in [0.1, 0.15) is 25.0 Å². The van der Waals surface area contributed by atoms with Crippen LogP contribution < -0.4 is 9.62 Å². The maximum atomic E-state index is 12.7. The lowest BCUT2D eigenvalue weighted by atomic mass is 10.1. The number of amides is 1. The molecule has 1 amide bonds. The van der Waals surface area contributed by atoms with Crippen molar-refractivity contribution in [3.05, 3.63) is 63.7 Å². The smallest absolute Gasteiger partial charge is 0.271 e. The average molecular weight is 405 g/mol. The minimum Gasteiger partial charge on any atom is -0.324 e. The number of anilines is 2. The molecule has 0 radical (unpaired) electrons. The highest BCUT2D eigenvalue weighted by Gasteiger charge is 2.31. The summed E-state index contributed by atoms with van der Waals surface area (Å²) >= 11 is 0. The van der Waals surface area contributed by atoms with E-state index >= 15 is 0 Å². The lowest BCUT2D eigenvalue weighted by molar-refractivity contribution is -0.384. The molecule has 8 nitrogen and oxygen atoms in total. The van der Waals surface area contributed by atoms with Crippen LogP contribution in [0.25, 0.3) is 0 Å². The van der Waals surface area contributed by atoms with Crippen LogP contribution in [0.4, 0.5) is 17.1 Å². The van der Waals surface area contributed by atoms with Gasteiger partial charge in [0.15, 0.2) is 0 Å². The second-order valence-corrected chi connectivity index (χ2v) is 8.36. The van der Waals surface area contributed by atoms with E-state index < -0.39 is 26.9 Å². The van der Waals surface area contributed by atoms with Crippen LogP contribution in [-0.4, -0.2) is 31.5 Å². The summed E-state index contributed by atoms with van der Waals surface area (Å²) in [5.74, 6) is -0.541. The van der Waals surface area contributed by atoms with Crippen molar-refractivity contribution in [3.8, 4) is 0 Å². The molecule has 0 aliphatic rings. The predicted molar refractivity (Wildman–Crippen MR) is 109 cm³/mol. The lowest BCUT2D eigenvalue weighted by Crippen LogP contribution is -2.45. The maximum Gasteiger partial charge on any atom is 0.271 e. The number of rotatable bonds is 7. The molecule has 0 aliphatic heterocycles. The third-order valence-electron chi connectivity index (χ3n) is 4.36. The number of hydrogen-bond acceptors (Lipinski definition) is 5. The number of nitrogens with one attached hydrogen (secondary N) is 1. The first-order chi connectivity index (χ1) is 13.0. The van der Waals surface area contributed by atoms with Crippen LogP contribution >= 0.6 is 0 Å². The number of carbonyl (C=O) groups excluding carboxylic acids is 1. The van der Waals surface area contributed by atoms with E-state index in [0.29, 0.717) is 11.3 Å². The van der Waals surface area contributed by atoms with Gasteiger partial charge in [-0.3, -0.25) is 19.2 Å². The van der Waals surface area contributed by atoms with Gasteiger partial charge in [-0.15, -0.1) is 0 Å². The number of sulfonamides is 1. The van der Waals surface area contributed by atoms with E-state index in [9.17, 15) is 23.3 Å². The standard InChI is InChI=1S/C19H23N3O5S/c1-5-15-7-9-16(10-8-15)20-19(23)14(3)21(28(4,26)27)18-12-17(22(24)25)11-6-13(18)2/h6-12,14H,5H2,1-4H3,(H,20,23)/t14-/m1/s1. The molecular weight excluding hydrogens is 382 g/mol. The molecule has 150 valence electrons. The van der Waals surface area contributed by atoms with Gasteiger partial charge >= 0.3 is 0 Å². The number of benzene rings is 2. The fraction of sp³-hybridized carbons (Fsp3) is 0.316. The summed E-state index contributed by atoms with van der Waals surface area (Å²) in [5.41, 5.74) is 2.00. The Labute approximate surface area is 164 Å². The Morgan fingerprint density at radius 2 is 1.82 bits per heavy atom. The van der Waals surface area contributed by atoms with E-state index in [-0.39, 0.29) is 11.4 Å². The van der Waals surface area contributed by atoms with Crippen LogP contribution in [0.5, 0.6) is 0 Å². The zero-order valence-electron chi connectivity index (χ0n) is 16.2. The van der Waals surface area contributed by atoms with Crippen molar-refractivity contribution in [1.82, 2.24) is 0 Å². The molecule has 2 rings (SSSR count). The Kier molecular flexibility index (Phi) is 6.40. The number of hydrogen-bond donors (Lipinski definition) is 1. The largest absolute Gasteiger partial charge is 0.324 e. The SMILES string of the molecule is CCc1ccc(NC(=O)[C@@H](C)N(c2cc([N+](=O)[O-])ccc2C)S(C)(=O)=O)cc1. The maximum absolute atomic E-state index is 12.7. The number of carbonyl (C=O) groups is 1. The van der Waals surface area contributed by atoms with E-state index in [1.54, 1.807) is 19.1 Å². The molecule has 28 heavy (non-hydrogen) atoms. The minimum atomic E-state index is -3.88. The van der Waals surface area contributed by atoms with Gasteiger partial charge in [0.25, 0.3) is 5.69 Å². The Bertz CT molecular complexity index is 987. The summed E-state index contributed by atoms with van der Waals surface area (Å²) in [6.45, 7) is 5.08. The topological polar surface area (TPSA) is 110 Å². The summed E-state index contributed by atoms with van der Waals surface area (Å²) in [5, 5.41) is 13.8. The van der Waals surface area contributed by atoms with Gasteiger partial charge in [0.05, 0.1) is 16.9 Å². The highest BCUT2D eigenvalue weighted by molar-refractivity contribution is 7.92. The van der Waals surface area contributed by atoms with E-state index in [2.05, 4.69) is 5.32 Å². The fourth-order valence-electron chi connectivity index (χ4n) is 2.80. The van der Waals surface area contributed by atoms with Crippen molar-refractivity contribution < 1.29 is 18.1 Å². The molecule has 1 atom stereocenters. The van der Waals surface area contributed by atoms with Crippen molar-refractivity contribution >= 4 is 33.0 Å². The molecule has 0 bridgehead atoms. The third-order valence-corrected chi connectivity index (χ3v) is 5.59. The fourth-order valence-corrected chi connectivity index (χ4v) is 4.02. The van der Waals surface area contributed by atoms with E-state index in [4.69, 9.17) is 0 Å². The highest BCUT2D eigenvalue weighted by Crippen LogP contribution is 2.29. The first kappa shape index (κ1) is 21.4. The molecule has 0 saturated heterocycles. The zero-order valence-corrected chi connectivity index (χ0v) is 17.0. The number of aryl methyl sites for hydroxylation is 2. The first-order valence-electron chi connectivity index (χ1n) is 8.68. The van der Waals surface area contributed by atoms with Crippen LogP contribution in [0, 0.1) is 17.0 Å². The van der Waals surface area contributed by atoms with Crippen LogP contribution in [0.3, 0.4) is 0 Å². The second kappa shape index (κ2) is 8.39. The van der Waals surface area contributed by atoms with E-state index in [1.165, 1.54) is 19.1 Å². The van der Waals surface area contributed by atoms with E-state index in [1.807, 2.05) is 19.1 Å². The van der Waals surface area contributed by atoms with Crippen molar-refractivity contribution in [2.45, 2.75) is 33.2 Å². The summed E-state index contributed by atoms with van der Waals surface area (Å²) < 4.78 is 25.8. The molecule has 0 unspecified atom stereocenters. The summed E-state index contributed by atoms with van der Waals surface area (Å²) in [6.07, 6.45) is 1.82. The monoisotopic (exact) mass is 405 g/mol. The highest BCUT2D eigenvalue weighted by atomic mass is 32.2. The summed E-state index contributed by atoms with van der Waals surface area (Å²) in [6, 6.07) is 10.0. The predicted octanol–water partition coefficient (Wildman–Crippen LogP) is 3.26. The number of nitro groups is 1. The normalized spacial score (nSPS) is 12.3. The van der Waals surface area contributed by atoms with Crippen molar-refractivity contribution in [2.24, 2.45) is 0 Å². The number of nitrogens with zero attached hydrogens (tertiary/aromatic N) is 2. The molecule has 2 aromatic carbocycles. The molecule has 0 fully saturated rings. The second-order valence-electron chi connectivity index (χ2n) is 6.50. The Balaban J connectivity index is 2.38. The molecule has 0 saturated carbocycles. The van der Waals surface area contributed by atoms with Gasteiger partial charge in [-0.05, 0) is 43.5 Å². The van der Waals surface area contributed by atoms with Crippen LogP contribution in [0.15, 0.2) is 42.5 Å². The lowest BCUT2D eigenvalue weighted by Gasteiger charge is -2.29. The van der Waals surface area contributed by atoms with Gasteiger partial charge in [-0.25, -0.2) is 8.42 Å². The van der Waals surface area contributed by atoms with Gasteiger partial charge in [0.2, 0.25) is 15.9 Å². The first-order valence-corrected chi connectivity index (χ1v) is 10.5. The third kappa shape index (κ3) is 4.86. The molecule has 0 spiro atoms. The number of non-ortho nitro benzene ring substituents is 1. The number of nitro benzene ring substituents is 1. The molecule has 0 aromatic heterocycles. The molecule has 0 heterocycles. The minimum absolute atomic E-state index is 0.0979. The Morgan fingerprint density at radius 1 is 1.21 bits per heavy atom. The van der Waals surface area contributed by atoms with Gasteiger partial charge < -0.3 is 5.32 Å². The van der Waals surface area contributed by atoms with Crippen molar-refractivity contribution in [1.29, 1.82) is 0 Å². The molecular formula is C19H23N3O5S. The van der Waals surface area contributed by atoms with Crippen molar-refractivity contribution in [3.63, 3.8) is 0 Å². The summed E-state index contributed by atoms with van der Waals surface area (Å²) in [7, 11) is -3.88. The quantitative estimate of drug-likeness (QED) is 0.562. The molecule has 0 aliphatic carbocycles. The van der Waals surface area contributed by atoms with Gasteiger partial charge in [0, 0.05) is 17.8 Å². The van der Waals surface area contributed by atoms with Crippen LogP contribution in [0.2, 0.25) is 0 Å². The van der Waals surface area contributed by atoms with Gasteiger partial charge in [-0.1, -0.05) is 25.1 Å². The molecule has 2 aromatic rings.